The molecular formula is C14H26ClN3O. The number of halogens is 1. The van der Waals surface area contributed by atoms with E-state index < -0.39 is 0 Å². The summed E-state index contributed by atoms with van der Waals surface area (Å²) in [5, 5.41) is 8.62. The summed E-state index contributed by atoms with van der Waals surface area (Å²) < 4.78 is 7.33. The van der Waals surface area contributed by atoms with Crippen LogP contribution in [-0.2, 0) is 4.74 Å². The molecule has 0 saturated heterocycles. The minimum absolute atomic E-state index is 0.222. The molecular weight excluding hydrogens is 262 g/mol. The molecule has 0 saturated carbocycles. The third-order valence-corrected chi connectivity index (χ3v) is 3.61. The Kier molecular flexibility index (Phi) is 6.83. The second kappa shape index (κ2) is 7.88. The second-order valence-electron chi connectivity index (χ2n) is 5.15. The van der Waals surface area contributed by atoms with Gasteiger partial charge in [0, 0.05) is 13.2 Å². The third-order valence-electron chi connectivity index (χ3n) is 3.32. The predicted molar refractivity (Wildman–Crippen MR) is 79.7 cm³/mol. The van der Waals surface area contributed by atoms with E-state index in [9.17, 15) is 0 Å². The van der Waals surface area contributed by atoms with Crippen LogP contribution in [0.5, 0.6) is 0 Å². The lowest BCUT2D eigenvalue weighted by Crippen LogP contribution is -2.26. The van der Waals surface area contributed by atoms with E-state index in [4.69, 9.17) is 16.3 Å². The van der Waals surface area contributed by atoms with Gasteiger partial charge in [-0.05, 0) is 40.2 Å². The molecule has 1 aromatic heterocycles. The molecule has 4 nitrogen and oxygen atoms in total. The highest BCUT2D eigenvalue weighted by atomic mass is 35.5. The molecule has 2 unspecified atom stereocenters. The number of aromatic nitrogens is 2. The van der Waals surface area contributed by atoms with Crippen LogP contribution >= 0.6 is 11.6 Å². The zero-order valence-corrected chi connectivity index (χ0v) is 13.4. The van der Waals surface area contributed by atoms with Gasteiger partial charge in [-0.3, -0.25) is 4.68 Å². The van der Waals surface area contributed by atoms with Crippen molar-refractivity contribution >= 4 is 11.6 Å². The number of hydrogen-bond donors (Lipinski definition) is 1. The van der Waals surface area contributed by atoms with Crippen LogP contribution in [0.3, 0.4) is 0 Å². The Morgan fingerprint density at radius 2 is 2.05 bits per heavy atom. The van der Waals surface area contributed by atoms with Crippen molar-refractivity contribution in [3.05, 3.63) is 16.9 Å². The number of ether oxygens (including phenoxy) is 1. The average Bonchev–Trinajstić information content (AvgIpc) is 2.76. The lowest BCUT2D eigenvalue weighted by atomic mass is 10.0. The summed E-state index contributed by atoms with van der Waals surface area (Å²) in [6.45, 7) is 9.34. The Morgan fingerprint density at radius 3 is 2.58 bits per heavy atom. The van der Waals surface area contributed by atoms with Gasteiger partial charge in [-0.2, -0.15) is 5.10 Å². The zero-order chi connectivity index (χ0) is 14.4. The highest BCUT2D eigenvalue weighted by molar-refractivity contribution is 6.31. The Hall–Kier alpha value is -0.580. The molecule has 0 fully saturated rings. The maximum Gasteiger partial charge on any atom is 0.0834 e. The zero-order valence-electron chi connectivity index (χ0n) is 12.6. The van der Waals surface area contributed by atoms with Crippen LogP contribution in [0, 0.1) is 0 Å². The van der Waals surface area contributed by atoms with E-state index in [2.05, 4.69) is 38.1 Å². The van der Waals surface area contributed by atoms with Gasteiger partial charge >= 0.3 is 0 Å². The van der Waals surface area contributed by atoms with Gasteiger partial charge in [-0.15, -0.1) is 0 Å². The first-order valence-corrected chi connectivity index (χ1v) is 7.38. The van der Waals surface area contributed by atoms with Gasteiger partial charge in [-0.1, -0.05) is 18.5 Å². The second-order valence-corrected chi connectivity index (χ2v) is 5.56. The molecule has 5 heteroatoms. The number of methoxy groups -OCH3 is 1. The fraction of sp³-hybridized carbons (Fsp3) is 0.786. The number of rotatable bonds is 8. The first kappa shape index (κ1) is 16.5. The molecule has 0 aliphatic rings. The molecule has 19 heavy (non-hydrogen) atoms. The number of nitrogens with one attached hydrogen (secondary N) is 1. The van der Waals surface area contributed by atoms with E-state index >= 15 is 0 Å². The SMILES string of the molecule is CCNC(CCC(C)OC)c1c(Cl)cnn1C(C)C. The lowest BCUT2D eigenvalue weighted by molar-refractivity contribution is 0.105. The molecule has 0 spiro atoms. The van der Waals surface area contributed by atoms with Crippen molar-refractivity contribution in [2.75, 3.05) is 13.7 Å². The van der Waals surface area contributed by atoms with Gasteiger partial charge in [-0.25, -0.2) is 0 Å². The molecule has 1 heterocycles. The highest BCUT2D eigenvalue weighted by Gasteiger charge is 2.21. The minimum Gasteiger partial charge on any atom is -0.382 e. The van der Waals surface area contributed by atoms with E-state index in [0.29, 0.717) is 6.04 Å². The van der Waals surface area contributed by atoms with E-state index in [1.807, 2.05) is 4.68 Å². The van der Waals surface area contributed by atoms with Crippen molar-refractivity contribution in [3.8, 4) is 0 Å². The largest absolute Gasteiger partial charge is 0.382 e. The normalized spacial score (nSPS) is 14.9. The number of hydrogen-bond acceptors (Lipinski definition) is 3. The summed E-state index contributed by atoms with van der Waals surface area (Å²) in [7, 11) is 1.75. The Bertz CT molecular complexity index is 379. The smallest absolute Gasteiger partial charge is 0.0834 e. The molecule has 1 aromatic rings. The summed E-state index contributed by atoms with van der Waals surface area (Å²) in [4.78, 5) is 0. The maximum atomic E-state index is 6.31. The molecule has 0 aliphatic carbocycles. The van der Waals surface area contributed by atoms with Gasteiger partial charge < -0.3 is 10.1 Å². The van der Waals surface area contributed by atoms with Gasteiger partial charge in [0.1, 0.15) is 0 Å². The van der Waals surface area contributed by atoms with Crippen LogP contribution in [0.1, 0.15) is 58.3 Å². The van der Waals surface area contributed by atoms with Crippen molar-refractivity contribution in [1.82, 2.24) is 15.1 Å². The molecule has 0 aromatic carbocycles. The summed E-state index contributed by atoms with van der Waals surface area (Å²) >= 11 is 6.31. The van der Waals surface area contributed by atoms with Crippen LogP contribution in [0.25, 0.3) is 0 Å². The maximum absolute atomic E-state index is 6.31. The van der Waals surface area contributed by atoms with Crippen molar-refractivity contribution in [2.24, 2.45) is 0 Å². The van der Waals surface area contributed by atoms with Gasteiger partial charge in [0.15, 0.2) is 0 Å². The fourth-order valence-electron chi connectivity index (χ4n) is 2.19. The Labute approximate surface area is 121 Å². The molecule has 1 rings (SSSR count). The molecule has 110 valence electrons. The van der Waals surface area contributed by atoms with E-state index in [0.717, 1.165) is 30.1 Å². The molecule has 0 bridgehead atoms. The van der Waals surface area contributed by atoms with Crippen LogP contribution in [0.4, 0.5) is 0 Å². The number of nitrogens with zero attached hydrogens (tertiary/aromatic N) is 2. The first-order chi connectivity index (χ1) is 9.01. The van der Waals surface area contributed by atoms with Crippen molar-refractivity contribution in [2.45, 2.75) is 58.7 Å². The molecule has 0 radical (unpaired) electrons. The standard InChI is InChI=1S/C14H26ClN3O/c1-6-16-13(8-7-11(4)19-5)14-12(15)9-17-18(14)10(2)3/h9-11,13,16H,6-8H2,1-5H3. The highest BCUT2D eigenvalue weighted by Crippen LogP contribution is 2.28. The van der Waals surface area contributed by atoms with Crippen molar-refractivity contribution in [1.29, 1.82) is 0 Å². The average molecular weight is 288 g/mol. The fourth-order valence-corrected chi connectivity index (χ4v) is 2.45. The third kappa shape index (κ3) is 4.48. The lowest BCUT2D eigenvalue weighted by Gasteiger charge is -2.23. The summed E-state index contributed by atoms with van der Waals surface area (Å²) in [6.07, 6.45) is 3.98. The molecule has 2 atom stereocenters. The van der Waals surface area contributed by atoms with Crippen LogP contribution in [-0.4, -0.2) is 29.5 Å². The topological polar surface area (TPSA) is 39.1 Å². The minimum atomic E-state index is 0.222. The Morgan fingerprint density at radius 1 is 1.37 bits per heavy atom. The quantitative estimate of drug-likeness (QED) is 0.794. The van der Waals surface area contributed by atoms with Gasteiger partial charge in [0.2, 0.25) is 0 Å². The first-order valence-electron chi connectivity index (χ1n) is 7.00. The molecule has 0 aliphatic heterocycles. The Balaban J connectivity index is 2.88. The summed E-state index contributed by atoms with van der Waals surface area (Å²) in [5.41, 5.74) is 1.09. The van der Waals surface area contributed by atoms with E-state index in [1.54, 1.807) is 13.3 Å². The van der Waals surface area contributed by atoms with E-state index in [-0.39, 0.29) is 12.1 Å². The summed E-state index contributed by atoms with van der Waals surface area (Å²) in [5.74, 6) is 0. The molecule has 0 amide bonds. The monoisotopic (exact) mass is 287 g/mol. The molecule has 1 N–H and O–H groups in total. The van der Waals surface area contributed by atoms with Crippen LogP contribution in [0.2, 0.25) is 5.02 Å². The van der Waals surface area contributed by atoms with E-state index in [1.165, 1.54) is 0 Å². The van der Waals surface area contributed by atoms with Crippen molar-refractivity contribution in [3.63, 3.8) is 0 Å². The van der Waals surface area contributed by atoms with Gasteiger partial charge in [0.05, 0.1) is 29.1 Å². The van der Waals surface area contributed by atoms with Crippen molar-refractivity contribution < 1.29 is 4.74 Å². The summed E-state index contributed by atoms with van der Waals surface area (Å²) in [6, 6.07) is 0.531. The predicted octanol–water partition coefficient (Wildman–Crippen LogP) is 3.58. The van der Waals surface area contributed by atoms with Gasteiger partial charge in [0.25, 0.3) is 0 Å². The van der Waals surface area contributed by atoms with Crippen LogP contribution in [0.15, 0.2) is 6.20 Å². The van der Waals surface area contributed by atoms with Crippen LogP contribution < -0.4 is 5.32 Å².